The molecule has 2 heterocycles. The highest BCUT2D eigenvalue weighted by atomic mass is 16.7. The van der Waals surface area contributed by atoms with Crippen molar-refractivity contribution >= 4 is 81.5 Å². The first-order chi connectivity index (χ1) is 52.8. The van der Waals surface area contributed by atoms with Crippen molar-refractivity contribution in [3.8, 4) is 0 Å². The average molecular weight is 1530 g/mol. The van der Waals surface area contributed by atoms with E-state index in [1.165, 1.54) is 16.7 Å². The van der Waals surface area contributed by atoms with Crippen LogP contribution in [0.5, 0.6) is 0 Å². The Bertz CT molecular complexity index is 3880. The zero-order valence-electron chi connectivity index (χ0n) is 64.6. The SMILES string of the molecule is CCCC1O[C@@H]2CC3[C@@H]4CCC5=CC(=O)C=C[C@]5(C)C4[C@@H](O)C[C@]3(C)[C@]2(C(=O)COCNC(=O)CNC(=O)OCc2ccc(NC(=O)[C@H](CCCNC(N)=O)NC(=O)[C@@H](CC(C)C(C)C(=O)CCOCCOCCOCCOCCNC(=O)CCC(=O)N3Cc4ccccc4C4=C(C4)c4ccccc43)C(C)C)cc2)O1. The van der Waals surface area contributed by atoms with Gasteiger partial charge in [0.2, 0.25) is 29.5 Å². The van der Waals surface area contributed by atoms with Gasteiger partial charge < -0.3 is 85.5 Å². The maximum absolute atomic E-state index is 14.6. The number of nitrogens with zero attached hydrogens (tertiary/aromatic N) is 1. The molecule has 10 rings (SSSR count). The molecule has 13 atom stereocenters. The minimum atomic E-state index is -1.39. The molecule has 0 spiro atoms. The third-order valence-corrected chi connectivity index (χ3v) is 23.4. The fourth-order valence-electron chi connectivity index (χ4n) is 17.3. The molecular weight excluding hydrogens is 1410 g/mol. The third-order valence-electron chi connectivity index (χ3n) is 23.4. The summed E-state index contributed by atoms with van der Waals surface area (Å²) in [7, 11) is 0. The van der Waals surface area contributed by atoms with E-state index in [1.54, 1.807) is 41.3 Å². The monoisotopic (exact) mass is 1520 g/mol. The Hall–Kier alpha value is -8.54. The molecule has 7 aliphatic rings. The summed E-state index contributed by atoms with van der Waals surface area (Å²) in [6.07, 6.45) is 8.19. The van der Waals surface area contributed by atoms with Crippen molar-refractivity contribution in [2.24, 2.45) is 58.0 Å². The summed E-state index contributed by atoms with van der Waals surface area (Å²) in [6, 6.07) is 20.9. The zero-order chi connectivity index (χ0) is 78.7. The summed E-state index contributed by atoms with van der Waals surface area (Å²) >= 11 is 0. The summed E-state index contributed by atoms with van der Waals surface area (Å²) in [5.74, 6) is -3.62. The van der Waals surface area contributed by atoms with Gasteiger partial charge in [-0.1, -0.05) is 121 Å². The first-order valence-electron chi connectivity index (χ1n) is 39.1. The van der Waals surface area contributed by atoms with Gasteiger partial charge in [0.1, 0.15) is 38.3 Å². The average Bonchev–Trinajstić information content (AvgIpc) is 1.48. The molecule has 3 aromatic carbocycles. The van der Waals surface area contributed by atoms with Gasteiger partial charge in [-0.3, -0.25) is 38.4 Å². The second-order valence-electron chi connectivity index (χ2n) is 30.9. The van der Waals surface area contributed by atoms with E-state index in [-0.39, 0.29) is 123 Å². The van der Waals surface area contributed by atoms with Crippen molar-refractivity contribution in [1.82, 2.24) is 26.6 Å². The normalized spacial score (nSPS) is 24.4. The lowest BCUT2D eigenvalue weighted by atomic mass is 9.46. The first kappa shape index (κ1) is 83.9. The van der Waals surface area contributed by atoms with Crippen molar-refractivity contribution < 1.29 is 90.9 Å². The van der Waals surface area contributed by atoms with Gasteiger partial charge in [-0.2, -0.15) is 0 Å². The number of alkyl carbamates (subject to hydrolysis) is 1. The van der Waals surface area contributed by atoms with Crippen molar-refractivity contribution in [3.05, 3.63) is 119 Å². The zero-order valence-corrected chi connectivity index (χ0v) is 64.6. The second kappa shape index (κ2) is 39.1. The van der Waals surface area contributed by atoms with Crippen LogP contribution < -0.4 is 42.5 Å². The highest BCUT2D eigenvalue weighted by Gasteiger charge is 2.76. The number of nitrogens with two attached hydrogens (primary N) is 1. The molecule has 2 aliphatic heterocycles. The molecule has 9 N–H and O–H groups in total. The van der Waals surface area contributed by atoms with Gasteiger partial charge in [0, 0.05) is 72.2 Å². The lowest BCUT2D eigenvalue weighted by Gasteiger charge is -2.59. The number of hydrogen-bond acceptors (Lipinski definition) is 19. The van der Waals surface area contributed by atoms with Gasteiger partial charge in [-0.15, -0.1) is 0 Å². The van der Waals surface area contributed by atoms with Crippen molar-refractivity contribution in [3.63, 3.8) is 0 Å². The number of ether oxygens (including phenoxy) is 8. The summed E-state index contributed by atoms with van der Waals surface area (Å²) < 4.78 is 46.9. The van der Waals surface area contributed by atoms with Crippen LogP contribution in [0.1, 0.15) is 154 Å². The molecule has 8 amide bonds. The number of carbonyl (C=O) groups is 10. The summed E-state index contributed by atoms with van der Waals surface area (Å²) in [6.45, 7) is 15.6. The van der Waals surface area contributed by atoms with E-state index < -0.39 is 89.9 Å². The molecule has 598 valence electrons. The van der Waals surface area contributed by atoms with Gasteiger partial charge >= 0.3 is 12.1 Å². The fourth-order valence-corrected chi connectivity index (χ4v) is 17.3. The molecule has 110 heavy (non-hydrogen) atoms. The Morgan fingerprint density at radius 2 is 1.45 bits per heavy atom. The van der Waals surface area contributed by atoms with Crippen LogP contribution in [0.25, 0.3) is 11.1 Å². The standard InChI is InChI=1S/C83H112N8O19/c1-8-14-75-109-71-44-65-61-25-22-56-42-58(92)28-30-81(56,6)76(61)69(94)45-82(65,7)83(71,110-75)70(95)49-107-50-88-73(97)46-87-80(102)108-48-54-20-23-57(24-21-54)89-78(100)66(18-13-31-86-79(84)101)90-77(99)62(51(2)3)41-52(4)53(5)68(93)29-33-103-35-37-105-39-40-106-38-36-104-34-32-85-72(96)26-27-74(98)91-47-55-15-9-10-16-59(55)63-43-64(63)60-17-11-12-19-67(60)91/h9-12,15-17,19-21,23-24,28,30,42,51-53,61-62,65-66,69,71,75-76,94H,8,13-14,18,22,25-27,29,31-41,43-50H2,1-7H3,(H,85,96)(H,87,102)(H,88,97)(H,89,100)(H,90,99)(H3,84,86,101)/t52?,53?,61-,62-,65?,66-,69-,71+,75?,76?,81-,82-,83+/m0/s1. The van der Waals surface area contributed by atoms with Crippen LogP contribution in [0.2, 0.25) is 0 Å². The Morgan fingerprint density at radius 1 is 0.755 bits per heavy atom. The molecule has 27 heteroatoms. The number of aliphatic hydroxyl groups is 1. The molecule has 1 saturated heterocycles. The molecule has 0 radical (unpaired) electrons. The largest absolute Gasteiger partial charge is 0.445 e. The predicted octanol–water partition coefficient (Wildman–Crippen LogP) is 8.33. The van der Waals surface area contributed by atoms with Crippen LogP contribution >= 0.6 is 0 Å². The van der Waals surface area contributed by atoms with Crippen molar-refractivity contribution in [1.29, 1.82) is 0 Å². The number of anilines is 2. The van der Waals surface area contributed by atoms with E-state index in [9.17, 15) is 53.1 Å². The molecule has 27 nitrogen and oxygen atoms in total. The number of benzene rings is 3. The van der Waals surface area contributed by atoms with Gasteiger partial charge in [-0.05, 0) is 140 Å². The molecule has 5 aliphatic carbocycles. The summed E-state index contributed by atoms with van der Waals surface area (Å²) in [5, 5.41) is 28.1. The van der Waals surface area contributed by atoms with Crippen LogP contribution in [0.15, 0.2) is 96.6 Å². The minimum absolute atomic E-state index is 0.0123. The topological polar surface area (TPSA) is 366 Å². The number of carbonyl (C=O) groups excluding carboxylic acids is 10. The summed E-state index contributed by atoms with van der Waals surface area (Å²) in [5.41, 5.74) is 11.4. The van der Waals surface area contributed by atoms with Crippen molar-refractivity contribution in [2.45, 2.75) is 175 Å². The van der Waals surface area contributed by atoms with Crippen LogP contribution in [0.4, 0.5) is 21.0 Å². The number of hydrogen-bond donors (Lipinski definition) is 8. The number of urea groups is 1. The van der Waals surface area contributed by atoms with Gasteiger partial charge in [0.15, 0.2) is 23.5 Å². The maximum Gasteiger partial charge on any atom is 0.407 e. The van der Waals surface area contributed by atoms with Crippen LogP contribution in [-0.4, -0.2) is 180 Å². The van der Waals surface area contributed by atoms with Crippen LogP contribution in [0.3, 0.4) is 0 Å². The number of primary amides is 1. The Balaban J connectivity index is 0.567. The smallest absolute Gasteiger partial charge is 0.407 e. The number of ketones is 3. The Morgan fingerprint density at radius 3 is 2.16 bits per heavy atom. The molecule has 5 unspecified atom stereocenters. The number of fused-ring (bicyclic) bond motifs is 11. The molecule has 0 bridgehead atoms. The third kappa shape index (κ3) is 20.8. The van der Waals surface area contributed by atoms with Gasteiger partial charge in [0.25, 0.3) is 0 Å². The highest BCUT2D eigenvalue weighted by molar-refractivity contribution is 6.13. The van der Waals surface area contributed by atoms with E-state index >= 15 is 0 Å². The van der Waals surface area contributed by atoms with E-state index in [4.69, 9.17) is 43.6 Å². The molecule has 4 fully saturated rings. The molecule has 3 saturated carbocycles. The maximum atomic E-state index is 14.6. The minimum Gasteiger partial charge on any atom is -0.445 e. The van der Waals surface area contributed by atoms with Gasteiger partial charge in [-0.25, -0.2) is 9.59 Å². The van der Waals surface area contributed by atoms with E-state index in [0.717, 1.165) is 41.6 Å². The van der Waals surface area contributed by atoms with E-state index in [0.29, 0.717) is 103 Å². The first-order valence-corrected chi connectivity index (χ1v) is 39.1. The predicted molar refractivity (Wildman–Crippen MR) is 409 cm³/mol. The number of para-hydroxylation sites is 1. The van der Waals surface area contributed by atoms with Crippen molar-refractivity contribution in [2.75, 3.05) is 96.0 Å². The lowest BCUT2D eigenvalue weighted by Crippen LogP contribution is -2.63. The Kier molecular flexibility index (Phi) is 29.8. The van der Waals surface area contributed by atoms with E-state index in [1.807, 2.05) is 78.0 Å². The number of Topliss-reactive ketones (excluding diaryl/α,β-unsaturated/α-hetero) is 2. The lowest BCUT2D eigenvalue weighted by molar-refractivity contribution is -0.201. The number of amides is 8. The van der Waals surface area contributed by atoms with Crippen LogP contribution in [-0.2, 0) is 89.4 Å². The Labute approximate surface area is 644 Å². The summed E-state index contributed by atoms with van der Waals surface area (Å²) in [4.78, 5) is 134. The molecule has 0 aromatic heterocycles. The number of rotatable bonds is 42. The molecular formula is C83H112N8O19. The fraction of sp³-hybridized carbons (Fsp3) is 0.590. The molecule has 3 aromatic rings. The second-order valence-corrected chi connectivity index (χ2v) is 30.9. The number of allylic oxidation sites excluding steroid dienone is 6. The number of aliphatic hydroxyl groups excluding tert-OH is 1. The number of nitrogens with one attached hydrogen (secondary N) is 6. The van der Waals surface area contributed by atoms with Crippen LogP contribution in [0, 0.1) is 52.3 Å². The van der Waals surface area contributed by atoms with E-state index in [2.05, 4.69) is 57.0 Å². The quantitative estimate of drug-likeness (QED) is 0.0195. The highest BCUT2D eigenvalue weighted by Crippen LogP contribution is 2.70. The van der Waals surface area contributed by atoms with Gasteiger partial charge in [0.05, 0.1) is 77.3 Å².